The lowest BCUT2D eigenvalue weighted by Gasteiger charge is -2.48. The molecule has 2 aliphatic heterocycles. The van der Waals surface area contributed by atoms with E-state index in [1.54, 1.807) is 4.90 Å². The molecule has 0 aromatic carbocycles. The number of carboxylic acid groups (broad SMARTS) is 1. The number of amides is 2. The summed E-state index contributed by atoms with van der Waals surface area (Å²) in [7, 11) is 0. The predicted octanol–water partition coefficient (Wildman–Crippen LogP) is 2.68. The number of nitrogens with zero attached hydrogens (tertiary/aromatic N) is 2. The van der Waals surface area contributed by atoms with Crippen molar-refractivity contribution in [1.29, 1.82) is 0 Å². The van der Waals surface area contributed by atoms with Gasteiger partial charge in [0.15, 0.2) is 0 Å². The molecule has 2 heterocycles. The van der Waals surface area contributed by atoms with Gasteiger partial charge in [0.25, 0.3) is 0 Å². The van der Waals surface area contributed by atoms with Crippen molar-refractivity contribution in [2.24, 2.45) is 5.92 Å². The SMILES string of the molecule is O=C(O)C1CCCN(C(=O)NCC2(N3CCCCC3)CCCCC2)C1. The zero-order valence-electron chi connectivity index (χ0n) is 15.3. The molecule has 0 radical (unpaired) electrons. The largest absolute Gasteiger partial charge is 0.481 e. The molecular formula is C19H33N3O3. The molecule has 2 N–H and O–H groups in total. The fraction of sp³-hybridized carbons (Fsp3) is 0.895. The number of likely N-dealkylation sites (tertiary alicyclic amines) is 2. The molecule has 2 saturated heterocycles. The van der Waals surface area contributed by atoms with Crippen LogP contribution in [0.5, 0.6) is 0 Å². The van der Waals surface area contributed by atoms with E-state index in [1.165, 1.54) is 51.4 Å². The summed E-state index contributed by atoms with van der Waals surface area (Å²) in [6, 6.07) is -0.0760. The zero-order valence-corrected chi connectivity index (χ0v) is 15.3. The number of rotatable bonds is 4. The molecule has 1 aliphatic carbocycles. The Morgan fingerprint density at radius 2 is 1.64 bits per heavy atom. The minimum absolute atomic E-state index is 0.0760. The third kappa shape index (κ3) is 4.46. The van der Waals surface area contributed by atoms with E-state index in [9.17, 15) is 14.7 Å². The molecule has 0 aromatic heterocycles. The van der Waals surface area contributed by atoms with Crippen molar-refractivity contribution in [3.63, 3.8) is 0 Å². The Labute approximate surface area is 150 Å². The maximum atomic E-state index is 12.6. The molecule has 1 saturated carbocycles. The van der Waals surface area contributed by atoms with E-state index >= 15 is 0 Å². The molecule has 3 fully saturated rings. The number of carbonyl (C=O) groups is 2. The van der Waals surface area contributed by atoms with E-state index in [4.69, 9.17) is 0 Å². The van der Waals surface area contributed by atoms with Gasteiger partial charge in [0.1, 0.15) is 0 Å². The molecule has 0 aromatic rings. The highest BCUT2D eigenvalue weighted by molar-refractivity contribution is 5.76. The number of hydrogen-bond acceptors (Lipinski definition) is 3. The van der Waals surface area contributed by atoms with Gasteiger partial charge in [-0.25, -0.2) is 4.79 Å². The van der Waals surface area contributed by atoms with Gasteiger partial charge < -0.3 is 15.3 Å². The van der Waals surface area contributed by atoms with Gasteiger partial charge in [-0.15, -0.1) is 0 Å². The Morgan fingerprint density at radius 1 is 0.960 bits per heavy atom. The van der Waals surface area contributed by atoms with Gasteiger partial charge in [-0.2, -0.15) is 0 Å². The van der Waals surface area contributed by atoms with Crippen molar-refractivity contribution >= 4 is 12.0 Å². The third-order valence-corrected chi connectivity index (χ3v) is 6.44. The molecule has 25 heavy (non-hydrogen) atoms. The Kier molecular flexibility index (Phi) is 6.20. The summed E-state index contributed by atoms with van der Waals surface area (Å²) in [5.74, 6) is -1.19. The van der Waals surface area contributed by atoms with Crippen LogP contribution in [0.15, 0.2) is 0 Å². The first-order valence-corrected chi connectivity index (χ1v) is 10.1. The molecule has 6 nitrogen and oxygen atoms in total. The summed E-state index contributed by atoms with van der Waals surface area (Å²) >= 11 is 0. The number of hydrogen-bond donors (Lipinski definition) is 2. The van der Waals surface area contributed by atoms with Gasteiger partial charge in [0, 0.05) is 25.2 Å². The molecule has 1 atom stereocenters. The maximum Gasteiger partial charge on any atom is 0.317 e. The van der Waals surface area contributed by atoms with E-state index < -0.39 is 11.9 Å². The molecule has 1 unspecified atom stereocenters. The van der Waals surface area contributed by atoms with Crippen LogP contribution < -0.4 is 5.32 Å². The summed E-state index contributed by atoms with van der Waals surface area (Å²) in [6.45, 7) is 4.03. The van der Waals surface area contributed by atoms with Crippen molar-refractivity contribution in [3.05, 3.63) is 0 Å². The Balaban J connectivity index is 1.58. The third-order valence-electron chi connectivity index (χ3n) is 6.44. The van der Waals surface area contributed by atoms with Crippen LogP contribution in [0.3, 0.4) is 0 Å². The summed E-state index contributed by atoms with van der Waals surface area (Å²) in [4.78, 5) is 28.2. The lowest BCUT2D eigenvalue weighted by molar-refractivity contribution is -0.143. The average Bonchev–Trinajstić information content (AvgIpc) is 2.67. The van der Waals surface area contributed by atoms with Crippen molar-refractivity contribution in [1.82, 2.24) is 15.1 Å². The van der Waals surface area contributed by atoms with Crippen molar-refractivity contribution < 1.29 is 14.7 Å². The van der Waals surface area contributed by atoms with Crippen molar-refractivity contribution in [3.8, 4) is 0 Å². The monoisotopic (exact) mass is 351 g/mol. The highest BCUT2D eigenvalue weighted by atomic mass is 16.4. The van der Waals surface area contributed by atoms with Crippen LogP contribution in [0.4, 0.5) is 4.79 Å². The van der Waals surface area contributed by atoms with Crippen LogP contribution in [0.25, 0.3) is 0 Å². The quantitative estimate of drug-likeness (QED) is 0.817. The smallest absolute Gasteiger partial charge is 0.317 e. The fourth-order valence-electron chi connectivity index (χ4n) is 4.90. The van der Waals surface area contributed by atoms with Crippen molar-refractivity contribution in [2.75, 3.05) is 32.7 Å². The van der Waals surface area contributed by atoms with E-state index in [0.717, 1.165) is 19.5 Å². The minimum atomic E-state index is -0.783. The second-order valence-corrected chi connectivity index (χ2v) is 8.11. The Bertz CT molecular complexity index is 471. The van der Waals surface area contributed by atoms with Crippen LogP contribution in [-0.4, -0.2) is 65.2 Å². The van der Waals surface area contributed by atoms with E-state index in [-0.39, 0.29) is 11.6 Å². The lowest BCUT2D eigenvalue weighted by atomic mass is 9.79. The predicted molar refractivity (Wildman–Crippen MR) is 96.6 cm³/mol. The Morgan fingerprint density at radius 3 is 2.32 bits per heavy atom. The maximum absolute atomic E-state index is 12.6. The normalized spacial score (nSPS) is 27.7. The average molecular weight is 351 g/mol. The Hall–Kier alpha value is -1.30. The van der Waals surface area contributed by atoms with Crippen LogP contribution in [0, 0.1) is 5.92 Å². The second kappa shape index (κ2) is 8.39. The molecule has 0 spiro atoms. The summed E-state index contributed by atoms with van der Waals surface area (Å²) in [5, 5.41) is 12.4. The van der Waals surface area contributed by atoms with E-state index in [1.807, 2.05) is 0 Å². The minimum Gasteiger partial charge on any atom is -0.481 e. The fourth-order valence-corrected chi connectivity index (χ4v) is 4.90. The number of piperidine rings is 2. The highest BCUT2D eigenvalue weighted by Crippen LogP contribution is 2.35. The van der Waals surface area contributed by atoms with Gasteiger partial charge in [0.05, 0.1) is 5.92 Å². The zero-order chi connectivity index (χ0) is 17.7. The first-order chi connectivity index (χ1) is 12.1. The van der Waals surface area contributed by atoms with Gasteiger partial charge in [0.2, 0.25) is 0 Å². The summed E-state index contributed by atoms with van der Waals surface area (Å²) in [5.41, 5.74) is 0.121. The van der Waals surface area contributed by atoms with Crippen LogP contribution >= 0.6 is 0 Å². The first kappa shape index (κ1) is 18.5. The summed E-state index contributed by atoms with van der Waals surface area (Å²) < 4.78 is 0. The van der Waals surface area contributed by atoms with Crippen LogP contribution in [0.2, 0.25) is 0 Å². The van der Waals surface area contributed by atoms with Crippen LogP contribution in [0.1, 0.15) is 64.2 Å². The second-order valence-electron chi connectivity index (χ2n) is 8.11. The molecule has 3 rings (SSSR count). The number of aliphatic carboxylic acids is 1. The van der Waals surface area contributed by atoms with E-state index in [0.29, 0.717) is 26.1 Å². The standard InChI is InChI=1S/C19H33N3O3/c23-17(24)16-8-7-11-21(14-16)18(25)20-15-19(9-3-1-4-10-19)22-12-5-2-6-13-22/h16H,1-15H2,(H,20,25)(H,23,24). The first-order valence-electron chi connectivity index (χ1n) is 10.1. The molecule has 142 valence electrons. The van der Waals surface area contributed by atoms with Gasteiger partial charge in [-0.3, -0.25) is 9.69 Å². The van der Waals surface area contributed by atoms with Crippen LogP contribution in [-0.2, 0) is 4.79 Å². The molecule has 3 aliphatic rings. The van der Waals surface area contributed by atoms with Crippen molar-refractivity contribution in [2.45, 2.75) is 69.7 Å². The molecule has 2 amide bonds. The lowest BCUT2D eigenvalue weighted by Crippen LogP contribution is -2.59. The van der Waals surface area contributed by atoms with Gasteiger partial charge in [-0.1, -0.05) is 25.7 Å². The summed E-state index contributed by atoms with van der Waals surface area (Å²) in [6.07, 6.45) is 11.5. The number of carboxylic acids is 1. The number of nitrogens with one attached hydrogen (secondary N) is 1. The highest BCUT2D eigenvalue weighted by Gasteiger charge is 2.39. The van der Waals surface area contributed by atoms with Gasteiger partial charge >= 0.3 is 12.0 Å². The van der Waals surface area contributed by atoms with E-state index in [2.05, 4.69) is 10.2 Å². The number of carbonyl (C=O) groups excluding carboxylic acids is 1. The van der Waals surface area contributed by atoms with Gasteiger partial charge in [-0.05, 0) is 51.6 Å². The topological polar surface area (TPSA) is 72.9 Å². The molecule has 0 bridgehead atoms. The number of urea groups is 1. The molecule has 6 heteroatoms. The molecular weight excluding hydrogens is 318 g/mol.